The van der Waals surface area contributed by atoms with Crippen molar-refractivity contribution in [3.8, 4) is 0 Å². The van der Waals surface area contributed by atoms with Gasteiger partial charge in [0.1, 0.15) is 0 Å². The van der Waals surface area contributed by atoms with Crippen LogP contribution in [0.2, 0.25) is 5.02 Å². The van der Waals surface area contributed by atoms with Gasteiger partial charge in [0.05, 0.1) is 6.04 Å². The maximum atomic E-state index is 12.2. The Morgan fingerprint density at radius 1 is 1.25 bits per heavy atom. The molecule has 3 N–H and O–H groups in total. The Balaban J connectivity index is 2.13. The SMILES string of the molecule is Cc1cc(C(=O)N[C@H](C)c2cccc(Cl)c2)ccc1N. The van der Waals surface area contributed by atoms with E-state index in [2.05, 4.69) is 5.32 Å². The Bertz CT molecular complexity index is 640. The fraction of sp³-hybridized carbons (Fsp3) is 0.188. The summed E-state index contributed by atoms with van der Waals surface area (Å²) >= 11 is 5.95. The van der Waals surface area contributed by atoms with Crippen LogP contribution >= 0.6 is 11.6 Å². The van der Waals surface area contributed by atoms with Gasteiger partial charge in [-0.05, 0) is 55.3 Å². The molecular weight excluding hydrogens is 272 g/mol. The fourth-order valence-corrected chi connectivity index (χ4v) is 2.15. The second-order valence-electron chi connectivity index (χ2n) is 4.82. The van der Waals surface area contributed by atoms with Crippen molar-refractivity contribution in [1.82, 2.24) is 5.32 Å². The van der Waals surface area contributed by atoms with Crippen molar-refractivity contribution in [3.63, 3.8) is 0 Å². The lowest BCUT2D eigenvalue weighted by Gasteiger charge is -2.15. The van der Waals surface area contributed by atoms with Gasteiger partial charge in [-0.25, -0.2) is 0 Å². The van der Waals surface area contributed by atoms with Crippen molar-refractivity contribution in [2.45, 2.75) is 19.9 Å². The van der Waals surface area contributed by atoms with E-state index in [1.807, 2.05) is 38.1 Å². The first-order chi connectivity index (χ1) is 9.47. The average Bonchev–Trinajstić information content (AvgIpc) is 2.41. The number of carbonyl (C=O) groups excluding carboxylic acids is 1. The summed E-state index contributed by atoms with van der Waals surface area (Å²) in [5, 5.41) is 3.61. The molecule has 3 nitrogen and oxygen atoms in total. The van der Waals surface area contributed by atoms with Crippen LogP contribution in [0, 0.1) is 6.92 Å². The van der Waals surface area contributed by atoms with E-state index < -0.39 is 0 Å². The lowest BCUT2D eigenvalue weighted by Crippen LogP contribution is -2.26. The smallest absolute Gasteiger partial charge is 0.251 e. The van der Waals surface area contributed by atoms with Crippen molar-refractivity contribution in [1.29, 1.82) is 0 Å². The molecule has 4 heteroatoms. The highest BCUT2D eigenvalue weighted by Gasteiger charge is 2.12. The molecule has 0 spiro atoms. The van der Waals surface area contributed by atoms with Crippen molar-refractivity contribution in [3.05, 3.63) is 64.2 Å². The van der Waals surface area contributed by atoms with Crippen LogP contribution in [0.25, 0.3) is 0 Å². The minimum atomic E-state index is -0.124. The highest BCUT2D eigenvalue weighted by Crippen LogP contribution is 2.18. The molecule has 0 aromatic heterocycles. The summed E-state index contributed by atoms with van der Waals surface area (Å²) in [6, 6.07) is 12.6. The van der Waals surface area contributed by atoms with Gasteiger partial charge in [-0.15, -0.1) is 0 Å². The number of nitrogens with one attached hydrogen (secondary N) is 1. The van der Waals surface area contributed by atoms with Crippen molar-refractivity contribution in [2.75, 3.05) is 5.73 Å². The Labute approximate surface area is 123 Å². The molecule has 0 saturated carbocycles. The lowest BCUT2D eigenvalue weighted by molar-refractivity contribution is 0.0940. The number of rotatable bonds is 3. The van der Waals surface area contributed by atoms with Gasteiger partial charge in [-0.3, -0.25) is 4.79 Å². The zero-order valence-corrected chi connectivity index (χ0v) is 12.2. The van der Waals surface area contributed by atoms with E-state index in [1.54, 1.807) is 18.2 Å². The van der Waals surface area contributed by atoms with Gasteiger partial charge in [0.2, 0.25) is 0 Å². The van der Waals surface area contributed by atoms with Gasteiger partial charge in [0.15, 0.2) is 0 Å². The van der Waals surface area contributed by atoms with Gasteiger partial charge in [0, 0.05) is 16.3 Å². The zero-order valence-electron chi connectivity index (χ0n) is 11.5. The summed E-state index contributed by atoms with van der Waals surface area (Å²) < 4.78 is 0. The molecule has 104 valence electrons. The Kier molecular flexibility index (Phi) is 4.30. The molecule has 1 atom stereocenters. The molecule has 0 bridgehead atoms. The van der Waals surface area contributed by atoms with Gasteiger partial charge in [0.25, 0.3) is 5.91 Å². The van der Waals surface area contributed by atoms with Gasteiger partial charge in [-0.1, -0.05) is 23.7 Å². The third-order valence-corrected chi connectivity index (χ3v) is 3.46. The number of carbonyl (C=O) groups is 1. The average molecular weight is 289 g/mol. The number of halogens is 1. The zero-order chi connectivity index (χ0) is 14.7. The van der Waals surface area contributed by atoms with Crippen LogP contribution in [0.15, 0.2) is 42.5 Å². The van der Waals surface area contributed by atoms with Crippen LogP contribution in [0.1, 0.15) is 34.5 Å². The molecule has 0 aliphatic carbocycles. The molecule has 0 unspecified atom stereocenters. The summed E-state index contributed by atoms with van der Waals surface area (Å²) in [6.07, 6.45) is 0. The molecule has 0 aliphatic rings. The van der Waals surface area contributed by atoms with E-state index in [-0.39, 0.29) is 11.9 Å². The Hall–Kier alpha value is -2.00. The molecule has 0 saturated heterocycles. The Morgan fingerprint density at radius 3 is 2.65 bits per heavy atom. The Morgan fingerprint density at radius 2 is 2.00 bits per heavy atom. The van der Waals surface area contributed by atoms with E-state index in [9.17, 15) is 4.79 Å². The van der Waals surface area contributed by atoms with E-state index >= 15 is 0 Å². The van der Waals surface area contributed by atoms with Crippen LogP contribution in [0.3, 0.4) is 0 Å². The molecular formula is C16H17ClN2O. The minimum absolute atomic E-state index is 0.112. The summed E-state index contributed by atoms with van der Waals surface area (Å²) in [6.45, 7) is 3.81. The van der Waals surface area contributed by atoms with E-state index in [0.29, 0.717) is 16.3 Å². The molecule has 2 rings (SSSR count). The number of amides is 1. The first kappa shape index (κ1) is 14.4. The first-order valence-corrected chi connectivity index (χ1v) is 6.77. The largest absolute Gasteiger partial charge is 0.399 e. The van der Waals surface area contributed by atoms with Gasteiger partial charge in [-0.2, -0.15) is 0 Å². The van der Waals surface area contributed by atoms with Crippen molar-refractivity contribution in [2.24, 2.45) is 0 Å². The number of hydrogen-bond acceptors (Lipinski definition) is 2. The monoisotopic (exact) mass is 288 g/mol. The molecule has 2 aromatic carbocycles. The molecule has 0 radical (unpaired) electrons. The molecule has 0 heterocycles. The second-order valence-corrected chi connectivity index (χ2v) is 5.26. The highest BCUT2D eigenvalue weighted by molar-refractivity contribution is 6.30. The van der Waals surface area contributed by atoms with Crippen LogP contribution in [0.4, 0.5) is 5.69 Å². The topological polar surface area (TPSA) is 55.1 Å². The predicted molar refractivity (Wildman–Crippen MR) is 82.9 cm³/mol. The quantitative estimate of drug-likeness (QED) is 0.846. The molecule has 0 aliphatic heterocycles. The van der Waals surface area contributed by atoms with Crippen LogP contribution in [-0.4, -0.2) is 5.91 Å². The molecule has 20 heavy (non-hydrogen) atoms. The highest BCUT2D eigenvalue weighted by atomic mass is 35.5. The van der Waals surface area contributed by atoms with Crippen LogP contribution < -0.4 is 11.1 Å². The number of nitrogen functional groups attached to an aromatic ring is 1. The maximum absolute atomic E-state index is 12.2. The number of aryl methyl sites for hydroxylation is 1. The van der Waals surface area contributed by atoms with Crippen molar-refractivity contribution >= 4 is 23.2 Å². The van der Waals surface area contributed by atoms with E-state index in [4.69, 9.17) is 17.3 Å². The first-order valence-electron chi connectivity index (χ1n) is 6.40. The number of anilines is 1. The normalized spacial score (nSPS) is 11.9. The van der Waals surface area contributed by atoms with E-state index in [0.717, 1.165) is 11.1 Å². The maximum Gasteiger partial charge on any atom is 0.251 e. The third-order valence-electron chi connectivity index (χ3n) is 3.23. The van der Waals surface area contributed by atoms with Crippen LogP contribution in [0.5, 0.6) is 0 Å². The summed E-state index contributed by atoms with van der Waals surface area (Å²) in [4.78, 5) is 12.2. The molecule has 1 amide bonds. The summed E-state index contributed by atoms with van der Waals surface area (Å²) in [5.41, 5.74) is 8.91. The second kappa shape index (κ2) is 5.97. The van der Waals surface area contributed by atoms with Crippen molar-refractivity contribution < 1.29 is 4.79 Å². The summed E-state index contributed by atoms with van der Waals surface area (Å²) in [7, 11) is 0. The predicted octanol–water partition coefficient (Wildman–Crippen LogP) is 3.72. The minimum Gasteiger partial charge on any atom is -0.399 e. The molecule has 2 aromatic rings. The number of hydrogen-bond donors (Lipinski definition) is 2. The number of benzene rings is 2. The lowest BCUT2D eigenvalue weighted by atomic mass is 10.1. The van der Waals surface area contributed by atoms with Gasteiger partial charge >= 0.3 is 0 Å². The standard InChI is InChI=1S/C16H17ClN2O/c1-10-8-13(6-7-15(10)18)16(20)19-11(2)12-4-3-5-14(17)9-12/h3-9,11H,18H2,1-2H3,(H,19,20)/t11-/m1/s1. The number of nitrogens with two attached hydrogens (primary N) is 1. The van der Waals surface area contributed by atoms with Gasteiger partial charge < -0.3 is 11.1 Å². The molecule has 0 fully saturated rings. The third kappa shape index (κ3) is 3.31. The van der Waals surface area contributed by atoms with E-state index in [1.165, 1.54) is 0 Å². The summed E-state index contributed by atoms with van der Waals surface area (Å²) in [5.74, 6) is -0.124. The fourth-order valence-electron chi connectivity index (χ4n) is 1.96. The van der Waals surface area contributed by atoms with Crippen LogP contribution in [-0.2, 0) is 0 Å².